The van der Waals surface area contributed by atoms with Gasteiger partial charge in [0.15, 0.2) is 0 Å². The van der Waals surface area contributed by atoms with Crippen LogP contribution >= 0.6 is 0 Å². The molecule has 0 bridgehead atoms. The predicted molar refractivity (Wildman–Crippen MR) is 154 cm³/mol. The molecule has 0 aliphatic carbocycles. The minimum atomic E-state index is -0.902. The molecule has 0 saturated heterocycles. The molecule has 1 N–H and O–H groups in total. The smallest absolute Gasteiger partial charge is 0.336 e. The highest BCUT2D eigenvalue weighted by Gasteiger charge is 2.38. The third-order valence-electron chi connectivity index (χ3n) is 6.94. The van der Waals surface area contributed by atoms with E-state index in [4.69, 9.17) is 9.47 Å². The number of dihydropyridines is 1. The zero-order valence-electron chi connectivity index (χ0n) is 23.3. The van der Waals surface area contributed by atoms with E-state index in [2.05, 4.69) is 34.5 Å². The topological polar surface area (TPSA) is 111 Å². The maximum atomic E-state index is 13.6. The number of hydrogen-bond acceptors (Lipinski definition) is 8. The Labute approximate surface area is 239 Å². The first-order valence-corrected chi connectivity index (χ1v) is 13.3. The zero-order valence-corrected chi connectivity index (χ0v) is 23.3. The molecular weight excluding hydrogens is 522 g/mol. The van der Waals surface area contributed by atoms with Crippen molar-refractivity contribution in [1.82, 2.24) is 10.2 Å². The summed E-state index contributed by atoms with van der Waals surface area (Å²) in [5.41, 5.74) is 3.95. The molecule has 1 aliphatic heterocycles. The number of rotatable bonds is 11. The molecule has 41 heavy (non-hydrogen) atoms. The average Bonchev–Trinajstić information content (AvgIpc) is 2.97. The summed E-state index contributed by atoms with van der Waals surface area (Å²) in [4.78, 5) is 39.7. The van der Waals surface area contributed by atoms with Gasteiger partial charge in [-0.05, 0) is 30.5 Å². The molecule has 1 heterocycles. The Morgan fingerprint density at radius 1 is 0.854 bits per heavy atom. The van der Waals surface area contributed by atoms with Gasteiger partial charge in [0.05, 0.1) is 29.1 Å². The largest absolute Gasteiger partial charge is 0.466 e. The van der Waals surface area contributed by atoms with Crippen LogP contribution in [0, 0.1) is 10.1 Å². The summed E-state index contributed by atoms with van der Waals surface area (Å²) < 4.78 is 10.8. The third kappa shape index (κ3) is 7.26. The number of carbonyl (C=O) groups excluding carboxylic acids is 2. The minimum absolute atomic E-state index is 0.104. The Morgan fingerprint density at radius 2 is 1.41 bits per heavy atom. The van der Waals surface area contributed by atoms with Crippen LogP contribution in [0.4, 0.5) is 5.69 Å². The summed E-state index contributed by atoms with van der Waals surface area (Å²) in [6.45, 7) is 5.33. The molecule has 9 nitrogen and oxygen atoms in total. The number of methoxy groups -OCH3 is 1. The van der Waals surface area contributed by atoms with Gasteiger partial charge in [-0.1, -0.05) is 72.8 Å². The van der Waals surface area contributed by atoms with Crippen LogP contribution in [0.1, 0.15) is 36.5 Å². The number of hydrogen-bond donors (Lipinski definition) is 1. The van der Waals surface area contributed by atoms with Crippen LogP contribution in [0.25, 0.3) is 0 Å². The van der Waals surface area contributed by atoms with Gasteiger partial charge >= 0.3 is 11.9 Å². The molecule has 0 radical (unpaired) electrons. The minimum Gasteiger partial charge on any atom is -0.466 e. The number of nitro benzene ring substituents is 1. The molecule has 3 aromatic carbocycles. The lowest BCUT2D eigenvalue weighted by Gasteiger charge is -2.30. The van der Waals surface area contributed by atoms with E-state index in [-0.39, 0.29) is 23.4 Å². The van der Waals surface area contributed by atoms with Gasteiger partial charge in [-0.15, -0.1) is 0 Å². The van der Waals surface area contributed by atoms with Crippen molar-refractivity contribution in [2.75, 3.05) is 20.3 Å². The summed E-state index contributed by atoms with van der Waals surface area (Å²) in [5.74, 6) is -2.15. The fourth-order valence-electron chi connectivity index (χ4n) is 5.04. The second kappa shape index (κ2) is 13.5. The van der Waals surface area contributed by atoms with Crippen molar-refractivity contribution in [2.24, 2.45) is 0 Å². The Hall–Kier alpha value is -4.76. The lowest BCUT2D eigenvalue weighted by atomic mass is 9.80. The second-order valence-corrected chi connectivity index (χ2v) is 9.80. The van der Waals surface area contributed by atoms with E-state index in [0.29, 0.717) is 36.6 Å². The van der Waals surface area contributed by atoms with Crippen LogP contribution in [0.2, 0.25) is 0 Å². The summed E-state index contributed by atoms with van der Waals surface area (Å²) in [7, 11) is 1.25. The number of carbonyl (C=O) groups is 2. The molecule has 0 saturated carbocycles. The number of non-ortho nitro benzene ring substituents is 1. The predicted octanol–water partition coefficient (Wildman–Crippen LogP) is 5.25. The summed E-state index contributed by atoms with van der Waals surface area (Å²) in [5, 5.41) is 14.6. The molecular formula is C32H33N3O6. The molecule has 1 aliphatic rings. The van der Waals surface area contributed by atoms with Gasteiger partial charge in [-0.2, -0.15) is 0 Å². The van der Waals surface area contributed by atoms with Crippen LogP contribution < -0.4 is 5.32 Å². The maximum absolute atomic E-state index is 13.6. The van der Waals surface area contributed by atoms with Crippen LogP contribution in [0.5, 0.6) is 0 Å². The number of allylic oxidation sites excluding steroid dienone is 2. The number of ether oxygens (including phenoxy) is 2. The van der Waals surface area contributed by atoms with E-state index in [0.717, 1.165) is 11.1 Å². The Bertz CT molecular complexity index is 1430. The van der Waals surface area contributed by atoms with E-state index in [1.165, 1.54) is 25.3 Å². The Morgan fingerprint density at radius 3 is 1.95 bits per heavy atom. The highest BCUT2D eigenvalue weighted by atomic mass is 16.6. The van der Waals surface area contributed by atoms with Gasteiger partial charge in [-0.25, -0.2) is 9.59 Å². The normalized spacial score (nSPS) is 15.0. The van der Waals surface area contributed by atoms with E-state index < -0.39 is 22.8 Å². The summed E-state index contributed by atoms with van der Waals surface area (Å²) in [6, 6.07) is 26.0. The molecule has 1 unspecified atom stereocenters. The van der Waals surface area contributed by atoms with Gasteiger partial charge < -0.3 is 14.8 Å². The zero-order chi connectivity index (χ0) is 29.4. The van der Waals surface area contributed by atoms with Crippen molar-refractivity contribution in [1.29, 1.82) is 0 Å². The maximum Gasteiger partial charge on any atom is 0.336 e. The van der Waals surface area contributed by atoms with Gasteiger partial charge in [0.25, 0.3) is 5.69 Å². The Balaban J connectivity index is 1.57. The molecule has 0 aromatic heterocycles. The fourth-order valence-corrected chi connectivity index (χ4v) is 5.04. The van der Waals surface area contributed by atoms with E-state index >= 15 is 0 Å². The number of nitrogens with one attached hydrogen (secondary N) is 1. The molecule has 4 rings (SSSR count). The number of nitro groups is 1. The molecule has 0 spiro atoms. The molecule has 1 atom stereocenters. The molecule has 3 aromatic rings. The monoisotopic (exact) mass is 555 g/mol. The van der Waals surface area contributed by atoms with Gasteiger partial charge in [-0.3, -0.25) is 15.0 Å². The van der Waals surface area contributed by atoms with Crippen molar-refractivity contribution in [3.63, 3.8) is 0 Å². The van der Waals surface area contributed by atoms with Gasteiger partial charge in [0, 0.05) is 43.2 Å². The standard InChI is InChI=1S/C32H33N3O6/c1-22-28(31(36)40-3)30(26-15-10-16-27(19-26)35(38)39)29(23(2)33-22)32(37)41-18-17-34(20-24-11-6-4-7-12-24)21-25-13-8-5-9-14-25/h4-16,19,30,33H,17-18,20-21H2,1-3H3. The Kier molecular flexibility index (Phi) is 9.65. The van der Waals surface area contributed by atoms with Crippen molar-refractivity contribution in [3.05, 3.63) is 134 Å². The van der Waals surface area contributed by atoms with E-state index in [9.17, 15) is 19.7 Å². The van der Waals surface area contributed by atoms with E-state index in [1.807, 2.05) is 36.4 Å². The van der Waals surface area contributed by atoms with Crippen molar-refractivity contribution in [2.45, 2.75) is 32.9 Å². The number of nitrogens with zero attached hydrogens (tertiary/aromatic N) is 2. The quantitative estimate of drug-likeness (QED) is 0.194. The summed E-state index contributed by atoms with van der Waals surface area (Å²) in [6.07, 6.45) is 0. The molecule has 0 amide bonds. The average molecular weight is 556 g/mol. The number of esters is 2. The van der Waals surface area contributed by atoms with Crippen LogP contribution in [0.3, 0.4) is 0 Å². The van der Waals surface area contributed by atoms with Crippen molar-refractivity contribution in [3.8, 4) is 0 Å². The first kappa shape index (κ1) is 29.2. The van der Waals surface area contributed by atoms with Crippen LogP contribution in [-0.2, 0) is 32.2 Å². The van der Waals surface area contributed by atoms with Gasteiger partial charge in [0.1, 0.15) is 6.61 Å². The second-order valence-electron chi connectivity index (χ2n) is 9.80. The third-order valence-corrected chi connectivity index (χ3v) is 6.94. The SMILES string of the molecule is COC(=O)C1=C(C)NC(C)=C(C(=O)OCCN(Cc2ccccc2)Cc2ccccc2)C1c1cccc([N+](=O)[O-])c1. The van der Waals surface area contributed by atoms with Crippen LogP contribution in [-0.4, -0.2) is 42.0 Å². The fraction of sp³-hybridized carbons (Fsp3) is 0.250. The molecule has 9 heteroatoms. The lowest BCUT2D eigenvalue weighted by molar-refractivity contribution is -0.384. The van der Waals surface area contributed by atoms with Crippen molar-refractivity contribution >= 4 is 17.6 Å². The van der Waals surface area contributed by atoms with E-state index in [1.54, 1.807) is 19.9 Å². The summed E-state index contributed by atoms with van der Waals surface area (Å²) >= 11 is 0. The van der Waals surface area contributed by atoms with Gasteiger partial charge in [0.2, 0.25) is 0 Å². The van der Waals surface area contributed by atoms with Crippen molar-refractivity contribution < 1.29 is 24.0 Å². The molecule has 0 fully saturated rings. The highest BCUT2D eigenvalue weighted by molar-refractivity contribution is 5.99. The number of benzene rings is 3. The first-order chi connectivity index (χ1) is 19.8. The first-order valence-electron chi connectivity index (χ1n) is 13.3. The highest BCUT2D eigenvalue weighted by Crippen LogP contribution is 2.40. The lowest BCUT2D eigenvalue weighted by Crippen LogP contribution is -2.33. The van der Waals surface area contributed by atoms with Crippen LogP contribution in [0.15, 0.2) is 107 Å². The molecule has 212 valence electrons.